The quantitative estimate of drug-likeness (QED) is 0.225. The van der Waals surface area contributed by atoms with Gasteiger partial charge < -0.3 is 24.3 Å². The number of carbonyl (C=O) groups is 2. The van der Waals surface area contributed by atoms with E-state index in [2.05, 4.69) is 12.2 Å². The first-order valence-corrected chi connectivity index (χ1v) is 10.1. The molecule has 0 spiro atoms. The number of benzene rings is 2. The van der Waals surface area contributed by atoms with Gasteiger partial charge in [-0.2, -0.15) is 0 Å². The van der Waals surface area contributed by atoms with Crippen LogP contribution in [0.2, 0.25) is 0 Å². The summed E-state index contributed by atoms with van der Waals surface area (Å²) in [4.78, 5) is 34.8. The highest BCUT2D eigenvalue weighted by molar-refractivity contribution is 5.96. The molecule has 0 heterocycles. The molecule has 0 radical (unpaired) electrons. The third-order valence-corrected chi connectivity index (χ3v) is 4.24. The number of rotatable bonds is 12. The first-order chi connectivity index (χ1) is 15.4. The van der Waals surface area contributed by atoms with E-state index < -0.39 is 23.4 Å². The average molecular weight is 446 g/mol. The summed E-state index contributed by atoms with van der Waals surface area (Å²) in [5.41, 5.74) is 0.238. The van der Waals surface area contributed by atoms with Crippen molar-refractivity contribution < 1.29 is 33.5 Å². The third-order valence-electron chi connectivity index (χ3n) is 4.24. The van der Waals surface area contributed by atoms with Crippen molar-refractivity contribution in [1.29, 1.82) is 0 Å². The first-order valence-electron chi connectivity index (χ1n) is 10.1. The summed E-state index contributed by atoms with van der Waals surface area (Å²) >= 11 is 0. The summed E-state index contributed by atoms with van der Waals surface area (Å²) in [7, 11) is 1.32. The molecule has 0 bridgehead atoms. The number of hydrogen-bond acceptors (Lipinski definition) is 8. The monoisotopic (exact) mass is 446 g/mol. The van der Waals surface area contributed by atoms with Crippen molar-refractivity contribution in [3.63, 3.8) is 0 Å². The molecule has 172 valence electrons. The van der Waals surface area contributed by atoms with E-state index in [9.17, 15) is 19.7 Å². The van der Waals surface area contributed by atoms with E-state index in [1.54, 1.807) is 6.07 Å². The number of nitrogens with zero attached hydrogens (tertiary/aromatic N) is 1. The van der Waals surface area contributed by atoms with Crippen molar-refractivity contribution in [1.82, 2.24) is 0 Å². The van der Waals surface area contributed by atoms with Crippen LogP contribution in [0.4, 0.5) is 11.4 Å². The Morgan fingerprint density at radius 3 is 2.47 bits per heavy atom. The van der Waals surface area contributed by atoms with Crippen LogP contribution in [0.1, 0.15) is 37.0 Å². The molecule has 2 rings (SSSR count). The number of non-ortho nitro benzene ring substituents is 1. The molecule has 0 fully saturated rings. The van der Waals surface area contributed by atoms with Gasteiger partial charge in [0.1, 0.15) is 5.75 Å². The number of nitrogens with one attached hydrogen (secondary N) is 1. The van der Waals surface area contributed by atoms with Crippen LogP contribution < -0.4 is 19.5 Å². The molecule has 0 aromatic heterocycles. The van der Waals surface area contributed by atoms with Crippen molar-refractivity contribution in [2.45, 2.75) is 26.7 Å². The molecule has 0 atom stereocenters. The number of unbranched alkanes of at least 4 members (excludes halogenated alkanes) is 1. The molecule has 10 nitrogen and oxygen atoms in total. The predicted molar refractivity (Wildman–Crippen MR) is 117 cm³/mol. The second-order valence-electron chi connectivity index (χ2n) is 6.56. The van der Waals surface area contributed by atoms with Gasteiger partial charge in [-0.05, 0) is 37.6 Å². The minimum Gasteiger partial charge on any atom is -0.494 e. The maximum Gasteiger partial charge on any atom is 0.338 e. The molecule has 0 unspecified atom stereocenters. The Morgan fingerprint density at radius 2 is 1.81 bits per heavy atom. The molecule has 0 saturated carbocycles. The second kappa shape index (κ2) is 12.1. The Bertz CT molecular complexity index is 961. The molecule has 0 saturated heterocycles. The minimum absolute atomic E-state index is 0.110. The van der Waals surface area contributed by atoms with Gasteiger partial charge in [-0.25, -0.2) is 4.79 Å². The van der Waals surface area contributed by atoms with E-state index in [1.807, 2.05) is 6.92 Å². The number of anilines is 1. The topological polar surface area (TPSA) is 126 Å². The van der Waals surface area contributed by atoms with Crippen molar-refractivity contribution in [3.05, 3.63) is 52.1 Å². The van der Waals surface area contributed by atoms with Crippen molar-refractivity contribution in [2.75, 3.05) is 32.2 Å². The number of carbonyl (C=O) groups excluding carboxylic acids is 2. The van der Waals surface area contributed by atoms with Gasteiger partial charge in [-0.15, -0.1) is 0 Å². The molecule has 10 heteroatoms. The molecule has 2 aromatic rings. The molecule has 1 N–H and O–H groups in total. The van der Waals surface area contributed by atoms with Gasteiger partial charge in [0.15, 0.2) is 18.1 Å². The highest BCUT2D eigenvalue weighted by atomic mass is 16.6. The van der Waals surface area contributed by atoms with E-state index >= 15 is 0 Å². The number of ether oxygens (including phenoxy) is 4. The van der Waals surface area contributed by atoms with Gasteiger partial charge in [-0.1, -0.05) is 13.3 Å². The predicted octanol–water partition coefficient (Wildman–Crippen LogP) is 3.98. The normalized spacial score (nSPS) is 10.2. The third kappa shape index (κ3) is 6.86. The van der Waals surface area contributed by atoms with Gasteiger partial charge in [0, 0.05) is 6.07 Å². The number of amides is 1. The Kier molecular flexibility index (Phi) is 9.27. The lowest BCUT2D eigenvalue weighted by atomic mass is 10.2. The van der Waals surface area contributed by atoms with E-state index in [0.29, 0.717) is 24.7 Å². The smallest absolute Gasteiger partial charge is 0.338 e. The van der Waals surface area contributed by atoms with Crippen molar-refractivity contribution in [3.8, 4) is 17.2 Å². The van der Waals surface area contributed by atoms with Crippen molar-refractivity contribution in [2.24, 2.45) is 0 Å². The summed E-state index contributed by atoms with van der Waals surface area (Å²) in [6, 6.07) is 8.40. The van der Waals surface area contributed by atoms with E-state index in [0.717, 1.165) is 12.8 Å². The van der Waals surface area contributed by atoms with Crippen LogP contribution in [0.15, 0.2) is 36.4 Å². The SMILES string of the molecule is CCCCOc1ccc(C(=O)OCC(=O)Nc2ccc([N+](=O)[O-])cc2OC)cc1OCC. The van der Waals surface area contributed by atoms with E-state index in [1.165, 1.54) is 37.4 Å². The van der Waals surface area contributed by atoms with Gasteiger partial charge >= 0.3 is 5.97 Å². The first kappa shape index (κ1) is 24.4. The minimum atomic E-state index is -0.711. The number of hydrogen-bond donors (Lipinski definition) is 1. The Hall–Kier alpha value is -3.82. The Labute approximate surface area is 185 Å². The number of nitro groups is 1. The highest BCUT2D eigenvalue weighted by Gasteiger charge is 2.17. The average Bonchev–Trinajstić information content (AvgIpc) is 2.78. The second-order valence-corrected chi connectivity index (χ2v) is 6.56. The fourth-order valence-corrected chi connectivity index (χ4v) is 2.65. The zero-order chi connectivity index (χ0) is 23.5. The zero-order valence-corrected chi connectivity index (χ0v) is 18.2. The van der Waals surface area contributed by atoms with Crippen molar-refractivity contribution >= 4 is 23.3 Å². The van der Waals surface area contributed by atoms with Crippen LogP contribution in [0.3, 0.4) is 0 Å². The van der Waals surface area contributed by atoms with Crippen LogP contribution in [0.5, 0.6) is 17.2 Å². The number of methoxy groups -OCH3 is 1. The van der Waals surface area contributed by atoms with Crippen LogP contribution in [-0.4, -0.2) is 43.7 Å². The molecule has 32 heavy (non-hydrogen) atoms. The van der Waals surface area contributed by atoms with Gasteiger partial charge in [0.2, 0.25) is 0 Å². The molecular formula is C22H26N2O8. The van der Waals surface area contributed by atoms with Gasteiger partial charge in [0.25, 0.3) is 11.6 Å². The van der Waals surface area contributed by atoms with Crippen LogP contribution in [0, 0.1) is 10.1 Å². The van der Waals surface area contributed by atoms with Crippen LogP contribution in [-0.2, 0) is 9.53 Å². The van der Waals surface area contributed by atoms with Gasteiger partial charge in [0.05, 0.1) is 42.6 Å². The lowest BCUT2D eigenvalue weighted by Crippen LogP contribution is -2.21. The lowest BCUT2D eigenvalue weighted by Gasteiger charge is -2.13. The maximum atomic E-state index is 12.4. The number of esters is 1. The lowest BCUT2D eigenvalue weighted by molar-refractivity contribution is -0.384. The standard InChI is InChI=1S/C22H26N2O8/c1-4-6-11-31-18-10-7-15(12-20(18)30-5-2)22(26)32-14-21(25)23-17-9-8-16(24(27)28)13-19(17)29-3/h7-10,12-13H,4-6,11,14H2,1-3H3,(H,23,25). The summed E-state index contributed by atoms with van der Waals surface area (Å²) in [6.07, 6.45) is 1.88. The molecule has 2 aromatic carbocycles. The Morgan fingerprint density at radius 1 is 1.03 bits per heavy atom. The summed E-state index contributed by atoms with van der Waals surface area (Å²) in [5, 5.41) is 13.4. The molecular weight excluding hydrogens is 420 g/mol. The largest absolute Gasteiger partial charge is 0.494 e. The van der Waals surface area contributed by atoms with Crippen LogP contribution in [0.25, 0.3) is 0 Å². The fraction of sp³-hybridized carbons (Fsp3) is 0.364. The van der Waals surface area contributed by atoms with E-state index in [-0.39, 0.29) is 22.7 Å². The zero-order valence-electron chi connectivity index (χ0n) is 18.2. The van der Waals surface area contributed by atoms with Crippen LogP contribution >= 0.6 is 0 Å². The molecule has 1 amide bonds. The van der Waals surface area contributed by atoms with Gasteiger partial charge in [-0.3, -0.25) is 14.9 Å². The summed E-state index contributed by atoms with van der Waals surface area (Å²) in [5.74, 6) is -0.288. The highest BCUT2D eigenvalue weighted by Crippen LogP contribution is 2.30. The fourth-order valence-electron chi connectivity index (χ4n) is 2.65. The maximum absolute atomic E-state index is 12.4. The number of nitro benzene ring substituents is 1. The molecule has 0 aliphatic carbocycles. The van der Waals surface area contributed by atoms with E-state index in [4.69, 9.17) is 18.9 Å². The summed E-state index contributed by atoms with van der Waals surface area (Å²) < 4.78 is 21.4. The Balaban J connectivity index is 2.00. The summed E-state index contributed by atoms with van der Waals surface area (Å²) in [6.45, 7) is 4.24. The molecule has 0 aliphatic rings. The molecule has 0 aliphatic heterocycles.